The zero-order valence-corrected chi connectivity index (χ0v) is 21.5. The second-order valence-electron chi connectivity index (χ2n) is 10.4. The van der Waals surface area contributed by atoms with Crippen LogP contribution in [-0.2, 0) is 23.2 Å². The monoisotopic (exact) mass is 473 g/mol. The van der Waals surface area contributed by atoms with E-state index in [2.05, 4.69) is 87.2 Å². The molecule has 3 aromatic carbocycles. The molecule has 0 saturated heterocycles. The largest absolute Gasteiger partial charge is 0.494 e. The molecule has 0 saturated carbocycles. The van der Waals surface area contributed by atoms with Gasteiger partial charge < -0.3 is 9.84 Å². The average molecular weight is 474 g/mol. The summed E-state index contributed by atoms with van der Waals surface area (Å²) in [5.74, 6) is 0.324. The van der Waals surface area contributed by atoms with Crippen molar-refractivity contribution in [2.24, 2.45) is 0 Å². The van der Waals surface area contributed by atoms with Crippen molar-refractivity contribution < 1.29 is 14.6 Å². The number of carboxylic acid groups (broad SMARTS) is 1. The van der Waals surface area contributed by atoms with Gasteiger partial charge in [0.25, 0.3) is 0 Å². The minimum Gasteiger partial charge on any atom is -0.494 e. The lowest BCUT2D eigenvalue weighted by molar-refractivity contribution is -0.136. The van der Waals surface area contributed by atoms with E-state index in [9.17, 15) is 4.79 Å². The van der Waals surface area contributed by atoms with Crippen LogP contribution >= 0.6 is 0 Å². The summed E-state index contributed by atoms with van der Waals surface area (Å²) in [6.07, 6.45) is 0.904. The fourth-order valence-corrected chi connectivity index (χ4v) is 4.28. The molecule has 0 radical (unpaired) electrons. The van der Waals surface area contributed by atoms with Gasteiger partial charge in [-0.25, -0.2) is 0 Å². The van der Waals surface area contributed by atoms with E-state index in [0.29, 0.717) is 12.5 Å². The number of carbonyl (C=O) groups is 1. The standard InChI is InChI=1S/C31H39NO3/c1-24(27-11-6-5-7-12-27)22-32(23-25-14-16-28(17-15-25)31(2,3)4)18-9-19-35-29-13-8-10-26(20-29)21-30(33)34/h5-8,10-17,20,24H,9,18-19,21-23H2,1-4H3,(H,33,34)/t24-/m0/s1. The van der Waals surface area contributed by atoms with Crippen molar-refractivity contribution in [2.75, 3.05) is 19.7 Å². The molecule has 0 fully saturated rings. The van der Waals surface area contributed by atoms with Gasteiger partial charge in [0.2, 0.25) is 0 Å². The summed E-state index contributed by atoms with van der Waals surface area (Å²) in [5, 5.41) is 9.02. The third kappa shape index (κ3) is 8.88. The third-order valence-corrected chi connectivity index (χ3v) is 6.27. The SMILES string of the molecule is C[C@@H](CN(CCCOc1cccc(CC(=O)O)c1)Cc1ccc(C(C)(C)C)cc1)c1ccccc1. The van der Waals surface area contributed by atoms with Crippen LogP contribution in [0.2, 0.25) is 0 Å². The van der Waals surface area contributed by atoms with Gasteiger partial charge in [-0.3, -0.25) is 9.69 Å². The Hall–Kier alpha value is -3.11. The van der Waals surface area contributed by atoms with Crippen LogP contribution in [-0.4, -0.2) is 35.7 Å². The summed E-state index contributed by atoms with van der Waals surface area (Å²) >= 11 is 0. The Morgan fingerprint density at radius 3 is 2.31 bits per heavy atom. The van der Waals surface area contributed by atoms with E-state index in [0.717, 1.165) is 37.4 Å². The summed E-state index contributed by atoms with van der Waals surface area (Å²) in [7, 11) is 0. The molecule has 3 rings (SSSR count). The van der Waals surface area contributed by atoms with Crippen LogP contribution in [0.3, 0.4) is 0 Å². The number of hydrogen-bond donors (Lipinski definition) is 1. The maximum atomic E-state index is 11.0. The number of hydrogen-bond acceptors (Lipinski definition) is 3. The number of aliphatic carboxylic acids is 1. The van der Waals surface area contributed by atoms with Crippen molar-refractivity contribution in [3.05, 3.63) is 101 Å². The summed E-state index contributed by atoms with van der Waals surface area (Å²) in [6.45, 7) is 12.4. The van der Waals surface area contributed by atoms with Gasteiger partial charge in [-0.05, 0) is 52.1 Å². The van der Waals surface area contributed by atoms with Gasteiger partial charge in [-0.1, -0.05) is 94.4 Å². The first-order valence-electron chi connectivity index (χ1n) is 12.5. The lowest BCUT2D eigenvalue weighted by atomic mass is 9.87. The molecule has 1 atom stereocenters. The summed E-state index contributed by atoms with van der Waals surface area (Å²) in [5.41, 5.74) is 4.93. The molecule has 0 aliphatic rings. The predicted molar refractivity (Wildman–Crippen MR) is 143 cm³/mol. The number of rotatable bonds is 12. The molecule has 0 spiro atoms. The van der Waals surface area contributed by atoms with E-state index in [-0.39, 0.29) is 11.8 Å². The molecule has 0 aromatic heterocycles. The highest BCUT2D eigenvalue weighted by molar-refractivity contribution is 5.70. The maximum Gasteiger partial charge on any atom is 0.307 e. The average Bonchev–Trinajstić information content (AvgIpc) is 2.82. The molecular weight excluding hydrogens is 434 g/mol. The summed E-state index contributed by atoms with van der Waals surface area (Å²) in [6, 6.07) is 27.1. The van der Waals surface area contributed by atoms with E-state index in [1.165, 1.54) is 16.7 Å². The Bertz CT molecular complexity index is 1050. The Morgan fingerprint density at radius 1 is 0.943 bits per heavy atom. The van der Waals surface area contributed by atoms with Crippen LogP contribution < -0.4 is 4.74 Å². The number of benzene rings is 3. The van der Waals surface area contributed by atoms with Crippen LogP contribution in [0.25, 0.3) is 0 Å². The summed E-state index contributed by atoms with van der Waals surface area (Å²) < 4.78 is 5.95. The van der Waals surface area contributed by atoms with Crippen LogP contribution in [0.15, 0.2) is 78.9 Å². The van der Waals surface area contributed by atoms with E-state index in [1.807, 2.05) is 24.3 Å². The molecule has 3 aromatic rings. The third-order valence-electron chi connectivity index (χ3n) is 6.27. The number of ether oxygens (including phenoxy) is 1. The second kappa shape index (κ2) is 12.6. The Labute approximate surface area is 210 Å². The van der Waals surface area contributed by atoms with Crippen LogP contribution in [0.5, 0.6) is 5.75 Å². The summed E-state index contributed by atoms with van der Waals surface area (Å²) in [4.78, 5) is 13.5. The fraction of sp³-hybridized carbons (Fsp3) is 0.387. The van der Waals surface area contributed by atoms with Gasteiger partial charge in [0.15, 0.2) is 0 Å². The highest BCUT2D eigenvalue weighted by Crippen LogP contribution is 2.23. The molecule has 4 nitrogen and oxygen atoms in total. The Balaban J connectivity index is 1.61. The van der Waals surface area contributed by atoms with Gasteiger partial charge >= 0.3 is 5.97 Å². The fourth-order valence-electron chi connectivity index (χ4n) is 4.28. The van der Waals surface area contributed by atoms with E-state index >= 15 is 0 Å². The normalized spacial score (nSPS) is 12.5. The van der Waals surface area contributed by atoms with Crippen molar-refractivity contribution in [2.45, 2.75) is 58.4 Å². The Kier molecular flexibility index (Phi) is 9.50. The minimum absolute atomic E-state index is 0.0103. The minimum atomic E-state index is -0.833. The molecule has 0 bridgehead atoms. The second-order valence-corrected chi connectivity index (χ2v) is 10.4. The van der Waals surface area contributed by atoms with Crippen molar-refractivity contribution in [1.82, 2.24) is 4.90 Å². The zero-order chi connectivity index (χ0) is 25.3. The molecule has 4 heteroatoms. The molecule has 0 unspecified atom stereocenters. The van der Waals surface area contributed by atoms with Crippen LogP contribution in [0.1, 0.15) is 62.3 Å². The van der Waals surface area contributed by atoms with Gasteiger partial charge in [0.05, 0.1) is 13.0 Å². The van der Waals surface area contributed by atoms with Crippen molar-refractivity contribution in [3.8, 4) is 5.75 Å². The van der Waals surface area contributed by atoms with E-state index in [4.69, 9.17) is 9.84 Å². The molecule has 0 heterocycles. The topological polar surface area (TPSA) is 49.8 Å². The number of carboxylic acids is 1. The smallest absolute Gasteiger partial charge is 0.307 e. The lowest BCUT2D eigenvalue weighted by Gasteiger charge is -2.27. The van der Waals surface area contributed by atoms with Crippen molar-refractivity contribution in [3.63, 3.8) is 0 Å². The Morgan fingerprint density at radius 2 is 1.66 bits per heavy atom. The highest BCUT2D eigenvalue weighted by Gasteiger charge is 2.15. The number of nitrogens with zero attached hydrogens (tertiary/aromatic N) is 1. The first kappa shape index (κ1) is 26.5. The van der Waals surface area contributed by atoms with Gasteiger partial charge in [0.1, 0.15) is 5.75 Å². The maximum absolute atomic E-state index is 11.0. The van der Waals surface area contributed by atoms with E-state index in [1.54, 1.807) is 0 Å². The molecule has 0 aliphatic heterocycles. The van der Waals surface area contributed by atoms with Crippen LogP contribution in [0.4, 0.5) is 0 Å². The van der Waals surface area contributed by atoms with Crippen molar-refractivity contribution in [1.29, 1.82) is 0 Å². The molecule has 186 valence electrons. The molecular formula is C31H39NO3. The molecule has 0 aliphatic carbocycles. The molecule has 0 amide bonds. The first-order valence-corrected chi connectivity index (χ1v) is 12.5. The highest BCUT2D eigenvalue weighted by atomic mass is 16.5. The van der Waals surface area contributed by atoms with Crippen LogP contribution in [0, 0.1) is 0 Å². The lowest BCUT2D eigenvalue weighted by Crippen LogP contribution is -2.29. The first-order chi connectivity index (χ1) is 16.7. The van der Waals surface area contributed by atoms with E-state index < -0.39 is 5.97 Å². The molecule has 1 N–H and O–H groups in total. The van der Waals surface area contributed by atoms with Gasteiger partial charge in [-0.15, -0.1) is 0 Å². The quantitative estimate of drug-likeness (QED) is 0.298. The van der Waals surface area contributed by atoms with Crippen molar-refractivity contribution >= 4 is 5.97 Å². The zero-order valence-electron chi connectivity index (χ0n) is 21.5. The van der Waals surface area contributed by atoms with Gasteiger partial charge in [-0.2, -0.15) is 0 Å². The predicted octanol–water partition coefficient (Wildman–Crippen LogP) is 6.69. The van der Waals surface area contributed by atoms with Gasteiger partial charge in [0, 0.05) is 19.6 Å². The molecule has 35 heavy (non-hydrogen) atoms.